The summed E-state index contributed by atoms with van der Waals surface area (Å²) in [4.78, 5) is 0. The van der Waals surface area contributed by atoms with Crippen LogP contribution in [0.25, 0.3) is 0 Å². The van der Waals surface area contributed by atoms with Crippen molar-refractivity contribution in [3.8, 4) is 11.5 Å². The Morgan fingerprint density at radius 2 is 1.94 bits per heavy atom. The molecule has 0 saturated carbocycles. The second-order valence-electron chi connectivity index (χ2n) is 5.36. The van der Waals surface area contributed by atoms with E-state index < -0.39 is 0 Å². The third-order valence-electron chi connectivity index (χ3n) is 2.69. The summed E-state index contributed by atoms with van der Waals surface area (Å²) in [6.45, 7) is 8.92. The Kier molecular flexibility index (Phi) is 4.27. The van der Waals surface area contributed by atoms with Gasteiger partial charge in [-0.3, -0.25) is 0 Å². The third kappa shape index (κ3) is 3.55. The third-order valence-corrected chi connectivity index (χ3v) is 2.69. The maximum atomic E-state index is 9.95. The van der Waals surface area contributed by atoms with E-state index in [1.165, 1.54) is 0 Å². The number of nitrogens with two attached hydrogens (primary N) is 1. The van der Waals surface area contributed by atoms with Crippen molar-refractivity contribution in [2.24, 2.45) is 0 Å². The Bertz CT molecular complexity index is 381. The van der Waals surface area contributed by atoms with E-state index in [4.69, 9.17) is 10.5 Å². The van der Waals surface area contributed by atoms with Crippen LogP contribution in [0.1, 0.15) is 46.1 Å². The molecular weight excluding hydrogens is 214 g/mol. The van der Waals surface area contributed by atoms with E-state index in [9.17, 15) is 5.11 Å². The normalized spacial score (nSPS) is 11.5. The molecule has 0 aromatic heterocycles. The van der Waals surface area contributed by atoms with Gasteiger partial charge in [-0.1, -0.05) is 34.1 Å². The minimum atomic E-state index is -0.150. The Labute approximate surface area is 104 Å². The SMILES string of the molecule is CCCCOc1cc(N)c(O)c(C(C)(C)C)c1. The van der Waals surface area contributed by atoms with Gasteiger partial charge in [0.25, 0.3) is 0 Å². The molecule has 0 saturated heterocycles. The first kappa shape index (κ1) is 13.7. The van der Waals surface area contributed by atoms with Gasteiger partial charge >= 0.3 is 0 Å². The number of hydrogen-bond donors (Lipinski definition) is 2. The van der Waals surface area contributed by atoms with E-state index in [-0.39, 0.29) is 11.2 Å². The highest BCUT2D eigenvalue weighted by molar-refractivity contribution is 5.61. The molecule has 0 bridgehead atoms. The van der Waals surface area contributed by atoms with Gasteiger partial charge in [-0.25, -0.2) is 0 Å². The molecule has 0 radical (unpaired) electrons. The van der Waals surface area contributed by atoms with E-state index >= 15 is 0 Å². The molecule has 3 N–H and O–H groups in total. The Morgan fingerprint density at radius 1 is 1.29 bits per heavy atom. The highest BCUT2D eigenvalue weighted by Gasteiger charge is 2.20. The predicted molar refractivity (Wildman–Crippen MR) is 71.6 cm³/mol. The summed E-state index contributed by atoms with van der Waals surface area (Å²) in [6, 6.07) is 3.56. The number of benzene rings is 1. The van der Waals surface area contributed by atoms with Crippen molar-refractivity contribution in [3.05, 3.63) is 17.7 Å². The second-order valence-corrected chi connectivity index (χ2v) is 5.36. The highest BCUT2D eigenvalue weighted by Crippen LogP contribution is 2.38. The zero-order valence-corrected chi connectivity index (χ0v) is 11.2. The molecule has 1 aromatic rings. The van der Waals surface area contributed by atoms with Crippen LogP contribution in [0.3, 0.4) is 0 Å². The number of phenols is 1. The number of ether oxygens (including phenoxy) is 1. The molecule has 0 spiro atoms. The van der Waals surface area contributed by atoms with Gasteiger partial charge in [0.05, 0.1) is 12.3 Å². The average molecular weight is 237 g/mol. The summed E-state index contributed by atoms with van der Waals surface area (Å²) in [5, 5.41) is 9.95. The van der Waals surface area contributed by atoms with Gasteiger partial charge in [-0.05, 0) is 17.9 Å². The topological polar surface area (TPSA) is 55.5 Å². The number of hydrogen-bond acceptors (Lipinski definition) is 3. The monoisotopic (exact) mass is 237 g/mol. The summed E-state index contributed by atoms with van der Waals surface area (Å²) in [6.07, 6.45) is 2.12. The van der Waals surface area contributed by atoms with Gasteiger partial charge in [0.15, 0.2) is 0 Å². The zero-order valence-electron chi connectivity index (χ0n) is 11.2. The second kappa shape index (κ2) is 5.30. The number of rotatable bonds is 4. The quantitative estimate of drug-likeness (QED) is 0.479. The van der Waals surface area contributed by atoms with Gasteiger partial charge in [-0.2, -0.15) is 0 Å². The first-order valence-corrected chi connectivity index (χ1v) is 6.12. The zero-order chi connectivity index (χ0) is 13.1. The molecule has 0 aliphatic rings. The van der Waals surface area contributed by atoms with Crippen molar-refractivity contribution >= 4 is 5.69 Å². The maximum absolute atomic E-state index is 9.95. The van der Waals surface area contributed by atoms with Crippen molar-refractivity contribution in [3.63, 3.8) is 0 Å². The number of phenolic OH excluding ortho intramolecular Hbond substituents is 1. The number of unbranched alkanes of at least 4 members (excludes halogenated alkanes) is 1. The summed E-state index contributed by atoms with van der Waals surface area (Å²) in [5.41, 5.74) is 6.84. The lowest BCUT2D eigenvalue weighted by Crippen LogP contribution is -2.12. The van der Waals surface area contributed by atoms with E-state index in [1.807, 2.05) is 26.8 Å². The van der Waals surface area contributed by atoms with Gasteiger partial charge < -0.3 is 15.6 Å². The number of aromatic hydroxyl groups is 1. The van der Waals surface area contributed by atoms with Crippen LogP contribution in [0.15, 0.2) is 12.1 Å². The summed E-state index contributed by atoms with van der Waals surface area (Å²) >= 11 is 0. The molecule has 17 heavy (non-hydrogen) atoms. The van der Waals surface area contributed by atoms with Crippen molar-refractivity contribution < 1.29 is 9.84 Å². The summed E-state index contributed by atoms with van der Waals surface area (Å²) < 4.78 is 5.63. The first-order chi connectivity index (χ1) is 7.86. The lowest BCUT2D eigenvalue weighted by atomic mass is 9.86. The maximum Gasteiger partial charge on any atom is 0.142 e. The number of anilines is 1. The molecule has 0 aliphatic heterocycles. The van der Waals surface area contributed by atoms with Crippen LogP contribution < -0.4 is 10.5 Å². The summed E-state index contributed by atoms with van der Waals surface area (Å²) in [7, 11) is 0. The molecule has 0 atom stereocenters. The Hall–Kier alpha value is -1.38. The lowest BCUT2D eigenvalue weighted by Gasteiger charge is -2.22. The van der Waals surface area contributed by atoms with Gasteiger partial charge in [-0.15, -0.1) is 0 Å². The number of nitrogen functional groups attached to an aromatic ring is 1. The molecule has 0 heterocycles. The molecule has 96 valence electrons. The minimum Gasteiger partial charge on any atom is -0.505 e. The molecule has 0 aliphatic carbocycles. The van der Waals surface area contributed by atoms with Crippen LogP contribution in [-0.4, -0.2) is 11.7 Å². The summed E-state index contributed by atoms with van der Waals surface area (Å²) in [5.74, 6) is 0.902. The standard InChI is InChI=1S/C14H23NO2/c1-5-6-7-17-10-8-11(14(2,3)4)13(16)12(15)9-10/h8-9,16H,5-7,15H2,1-4H3. The molecule has 0 fully saturated rings. The van der Waals surface area contributed by atoms with Crippen molar-refractivity contribution in [1.29, 1.82) is 0 Å². The van der Waals surface area contributed by atoms with Crippen LogP contribution in [0, 0.1) is 0 Å². The molecule has 1 rings (SSSR count). The Balaban J connectivity index is 2.98. The molecule has 3 nitrogen and oxygen atoms in total. The predicted octanol–water partition coefficient (Wildman–Crippen LogP) is 3.45. The minimum absolute atomic E-state index is 0.150. The highest BCUT2D eigenvalue weighted by atomic mass is 16.5. The fourth-order valence-corrected chi connectivity index (χ4v) is 1.62. The average Bonchev–Trinajstić information content (AvgIpc) is 2.21. The fourth-order valence-electron chi connectivity index (χ4n) is 1.62. The molecule has 0 amide bonds. The van der Waals surface area contributed by atoms with Gasteiger partial charge in [0.1, 0.15) is 11.5 Å². The molecule has 0 unspecified atom stereocenters. The van der Waals surface area contributed by atoms with Crippen molar-refractivity contribution in [2.75, 3.05) is 12.3 Å². The molecule has 1 aromatic carbocycles. The van der Waals surface area contributed by atoms with Crippen LogP contribution >= 0.6 is 0 Å². The first-order valence-electron chi connectivity index (χ1n) is 6.12. The van der Waals surface area contributed by atoms with Crippen molar-refractivity contribution in [2.45, 2.75) is 46.0 Å². The molecule has 3 heteroatoms. The Morgan fingerprint density at radius 3 is 2.47 bits per heavy atom. The van der Waals surface area contributed by atoms with Gasteiger partial charge in [0, 0.05) is 11.6 Å². The van der Waals surface area contributed by atoms with E-state index in [2.05, 4.69) is 6.92 Å². The van der Waals surface area contributed by atoms with Gasteiger partial charge in [0.2, 0.25) is 0 Å². The van der Waals surface area contributed by atoms with Crippen LogP contribution in [0.2, 0.25) is 0 Å². The van der Waals surface area contributed by atoms with E-state index in [0.29, 0.717) is 12.3 Å². The largest absolute Gasteiger partial charge is 0.505 e. The fraction of sp³-hybridized carbons (Fsp3) is 0.571. The van der Waals surface area contributed by atoms with Crippen LogP contribution in [-0.2, 0) is 5.41 Å². The lowest BCUT2D eigenvalue weighted by molar-refractivity contribution is 0.308. The van der Waals surface area contributed by atoms with E-state index in [1.54, 1.807) is 6.07 Å². The van der Waals surface area contributed by atoms with E-state index in [0.717, 1.165) is 24.2 Å². The molecular formula is C14H23NO2. The van der Waals surface area contributed by atoms with Crippen LogP contribution in [0.5, 0.6) is 11.5 Å². The van der Waals surface area contributed by atoms with Crippen molar-refractivity contribution in [1.82, 2.24) is 0 Å². The smallest absolute Gasteiger partial charge is 0.142 e. The van der Waals surface area contributed by atoms with Crippen LogP contribution in [0.4, 0.5) is 5.69 Å².